The molecule has 0 unspecified atom stereocenters. The first-order valence-electron chi connectivity index (χ1n) is 11.3. The number of allylic oxidation sites excluding steroid dienone is 1. The normalized spacial score (nSPS) is 12.3. The van der Waals surface area contributed by atoms with Crippen LogP contribution in [0.5, 0.6) is 11.5 Å². The molecule has 0 aliphatic carbocycles. The molecular formula is C25H31N3O7S2. The second-order valence-electron chi connectivity index (χ2n) is 7.79. The first kappa shape index (κ1) is 28.5. The number of nitrogens with zero attached hydrogens (tertiary/aromatic N) is 3. The topological polar surface area (TPSA) is 109 Å². The summed E-state index contributed by atoms with van der Waals surface area (Å²) < 4.78 is 51.1. The summed E-state index contributed by atoms with van der Waals surface area (Å²) in [6, 6.07) is 9.39. The number of carbonyl (C=O) groups excluding carboxylic acids is 1. The van der Waals surface area contributed by atoms with E-state index in [1.54, 1.807) is 20.3 Å². The SMILES string of the molecule is C=CCn1c(=NC(=O)c2ccc(S(=O)(=O)N(CCOC)CCOC)cc2)sc2cc(OC)c(OC)cc21. The molecule has 10 nitrogen and oxygen atoms in total. The Morgan fingerprint density at radius 2 is 1.62 bits per heavy atom. The molecule has 2 aromatic carbocycles. The number of thiazole rings is 1. The van der Waals surface area contributed by atoms with Crippen molar-refractivity contribution in [1.29, 1.82) is 0 Å². The quantitative estimate of drug-likeness (QED) is 0.302. The second-order valence-corrected chi connectivity index (χ2v) is 10.7. The van der Waals surface area contributed by atoms with Gasteiger partial charge in [0.25, 0.3) is 5.91 Å². The first-order chi connectivity index (χ1) is 17.8. The van der Waals surface area contributed by atoms with Gasteiger partial charge < -0.3 is 23.5 Å². The van der Waals surface area contributed by atoms with Crippen LogP contribution in [0.3, 0.4) is 0 Å². The van der Waals surface area contributed by atoms with E-state index in [0.29, 0.717) is 22.8 Å². The molecule has 37 heavy (non-hydrogen) atoms. The number of aromatic nitrogens is 1. The van der Waals surface area contributed by atoms with Gasteiger partial charge in [0.1, 0.15) is 0 Å². The Bertz CT molecular complexity index is 1400. The standard InChI is InChI=1S/C25H31N3O7S2/c1-6-11-28-20-16-21(34-4)22(35-5)17-23(20)36-25(28)26-24(29)18-7-9-19(10-8-18)37(30,31)27(12-14-32-2)13-15-33-3/h6-10,16-17H,1,11-15H2,2-5H3. The summed E-state index contributed by atoms with van der Waals surface area (Å²) in [6.07, 6.45) is 1.71. The highest BCUT2D eigenvalue weighted by molar-refractivity contribution is 7.89. The third kappa shape index (κ3) is 6.46. The maximum absolute atomic E-state index is 13.1. The number of sulfonamides is 1. The molecule has 12 heteroatoms. The molecule has 0 saturated carbocycles. The zero-order chi connectivity index (χ0) is 27.0. The smallest absolute Gasteiger partial charge is 0.279 e. The van der Waals surface area contributed by atoms with Crippen LogP contribution >= 0.6 is 11.3 Å². The molecule has 0 bridgehead atoms. The van der Waals surface area contributed by atoms with Crippen molar-refractivity contribution >= 4 is 37.5 Å². The lowest BCUT2D eigenvalue weighted by atomic mass is 10.2. The van der Waals surface area contributed by atoms with Crippen LogP contribution in [-0.2, 0) is 26.0 Å². The van der Waals surface area contributed by atoms with E-state index < -0.39 is 15.9 Å². The molecule has 0 saturated heterocycles. The lowest BCUT2D eigenvalue weighted by Gasteiger charge is -2.21. The van der Waals surface area contributed by atoms with E-state index in [2.05, 4.69) is 11.6 Å². The maximum Gasteiger partial charge on any atom is 0.279 e. The zero-order valence-electron chi connectivity index (χ0n) is 21.3. The van der Waals surface area contributed by atoms with Crippen molar-refractivity contribution in [3.05, 3.63) is 59.4 Å². The molecule has 0 N–H and O–H groups in total. The summed E-state index contributed by atoms with van der Waals surface area (Å²) in [7, 11) is 2.33. The van der Waals surface area contributed by atoms with Crippen molar-refractivity contribution < 1.29 is 32.2 Å². The highest BCUT2D eigenvalue weighted by Gasteiger charge is 2.24. The number of amides is 1. The summed E-state index contributed by atoms with van der Waals surface area (Å²) >= 11 is 1.33. The van der Waals surface area contributed by atoms with Gasteiger partial charge in [0, 0.05) is 51.6 Å². The van der Waals surface area contributed by atoms with Gasteiger partial charge in [-0.15, -0.1) is 6.58 Å². The molecule has 0 aliphatic rings. The van der Waals surface area contributed by atoms with Crippen LogP contribution in [0.2, 0.25) is 0 Å². The molecule has 1 aromatic heterocycles. The van der Waals surface area contributed by atoms with Gasteiger partial charge in [0.05, 0.1) is 42.5 Å². The molecule has 1 heterocycles. The van der Waals surface area contributed by atoms with Crippen molar-refractivity contribution in [2.24, 2.45) is 4.99 Å². The maximum atomic E-state index is 13.1. The van der Waals surface area contributed by atoms with E-state index in [4.69, 9.17) is 18.9 Å². The molecular weight excluding hydrogens is 518 g/mol. The summed E-state index contributed by atoms with van der Waals surface area (Å²) in [5.74, 6) is 0.634. The number of carbonyl (C=O) groups is 1. The van der Waals surface area contributed by atoms with Gasteiger partial charge in [0.15, 0.2) is 16.3 Å². The molecule has 3 aromatic rings. The van der Waals surface area contributed by atoms with Gasteiger partial charge >= 0.3 is 0 Å². The van der Waals surface area contributed by atoms with E-state index in [1.807, 2.05) is 16.7 Å². The van der Waals surface area contributed by atoms with Crippen LogP contribution in [0.4, 0.5) is 0 Å². The zero-order valence-corrected chi connectivity index (χ0v) is 22.9. The van der Waals surface area contributed by atoms with E-state index >= 15 is 0 Å². The molecule has 0 aliphatic heterocycles. The van der Waals surface area contributed by atoms with Gasteiger partial charge in [-0.25, -0.2) is 8.42 Å². The lowest BCUT2D eigenvalue weighted by Crippen LogP contribution is -2.36. The van der Waals surface area contributed by atoms with Crippen LogP contribution in [0.15, 0.2) is 58.9 Å². The van der Waals surface area contributed by atoms with Gasteiger partial charge in [-0.05, 0) is 24.3 Å². The minimum absolute atomic E-state index is 0.0685. The van der Waals surface area contributed by atoms with E-state index in [0.717, 1.165) is 10.2 Å². The van der Waals surface area contributed by atoms with Gasteiger partial charge in [-0.2, -0.15) is 9.30 Å². The number of hydrogen-bond donors (Lipinski definition) is 0. The minimum atomic E-state index is -3.80. The van der Waals surface area contributed by atoms with Gasteiger partial charge in [-0.3, -0.25) is 4.79 Å². The molecule has 1 amide bonds. The highest BCUT2D eigenvalue weighted by Crippen LogP contribution is 2.33. The van der Waals surface area contributed by atoms with Crippen molar-refractivity contribution in [1.82, 2.24) is 8.87 Å². The number of methoxy groups -OCH3 is 4. The van der Waals surface area contributed by atoms with Crippen LogP contribution in [0.25, 0.3) is 10.2 Å². The highest BCUT2D eigenvalue weighted by atomic mass is 32.2. The summed E-state index contributed by atoms with van der Waals surface area (Å²) in [6.45, 7) is 5.09. The largest absolute Gasteiger partial charge is 0.493 e. The average molecular weight is 550 g/mol. The monoisotopic (exact) mass is 549 g/mol. The Hall–Kier alpha value is -3.03. The summed E-state index contributed by atoms with van der Waals surface area (Å²) in [5, 5.41) is 0. The number of ether oxygens (including phenoxy) is 4. The number of hydrogen-bond acceptors (Lipinski definition) is 8. The molecule has 0 radical (unpaired) electrons. The Morgan fingerprint density at radius 3 is 2.16 bits per heavy atom. The Kier molecular flexibility index (Phi) is 10.0. The fourth-order valence-electron chi connectivity index (χ4n) is 3.60. The molecule has 0 atom stereocenters. The van der Waals surface area contributed by atoms with Crippen LogP contribution in [-0.4, -0.2) is 77.9 Å². The summed E-state index contributed by atoms with van der Waals surface area (Å²) in [4.78, 5) is 17.9. The van der Waals surface area contributed by atoms with Crippen LogP contribution in [0, 0.1) is 0 Å². The molecule has 200 valence electrons. The van der Waals surface area contributed by atoms with Gasteiger partial charge in [0.2, 0.25) is 10.0 Å². The predicted molar refractivity (Wildman–Crippen MR) is 142 cm³/mol. The Balaban J connectivity index is 1.96. The van der Waals surface area contributed by atoms with Crippen molar-refractivity contribution in [2.45, 2.75) is 11.4 Å². The van der Waals surface area contributed by atoms with E-state index in [1.165, 1.54) is 54.1 Å². The Morgan fingerprint density at radius 1 is 1.03 bits per heavy atom. The molecule has 0 fully saturated rings. The summed E-state index contributed by atoms with van der Waals surface area (Å²) in [5.41, 5.74) is 1.08. The van der Waals surface area contributed by atoms with Crippen LogP contribution in [0.1, 0.15) is 10.4 Å². The molecule has 3 rings (SSSR count). The number of fused-ring (bicyclic) bond motifs is 1. The van der Waals surface area contributed by atoms with Crippen molar-refractivity contribution in [2.75, 3.05) is 54.7 Å². The average Bonchev–Trinajstić information content (AvgIpc) is 3.23. The first-order valence-corrected chi connectivity index (χ1v) is 13.6. The molecule has 0 spiro atoms. The van der Waals surface area contributed by atoms with Crippen LogP contribution < -0.4 is 14.3 Å². The lowest BCUT2D eigenvalue weighted by molar-refractivity contribution is 0.0997. The Labute approximate surface area is 220 Å². The third-order valence-electron chi connectivity index (χ3n) is 5.53. The van der Waals surface area contributed by atoms with E-state index in [9.17, 15) is 13.2 Å². The number of benzene rings is 2. The third-order valence-corrected chi connectivity index (χ3v) is 8.48. The second kappa shape index (κ2) is 13.0. The van der Waals surface area contributed by atoms with Gasteiger partial charge in [-0.1, -0.05) is 17.4 Å². The predicted octanol–water partition coefficient (Wildman–Crippen LogP) is 2.93. The van der Waals surface area contributed by atoms with Crippen molar-refractivity contribution in [3.8, 4) is 11.5 Å². The fourth-order valence-corrected chi connectivity index (χ4v) is 6.05. The van der Waals surface area contributed by atoms with E-state index in [-0.39, 0.29) is 36.8 Å². The van der Waals surface area contributed by atoms with Crippen molar-refractivity contribution in [3.63, 3.8) is 0 Å². The minimum Gasteiger partial charge on any atom is -0.493 e. The fraction of sp³-hybridized carbons (Fsp3) is 0.360. The number of rotatable bonds is 13.